The van der Waals surface area contributed by atoms with Crippen molar-refractivity contribution in [1.82, 2.24) is 5.32 Å². The van der Waals surface area contributed by atoms with E-state index in [-0.39, 0.29) is 0 Å². The molecule has 1 N–H and O–H groups in total. The van der Waals surface area contributed by atoms with Gasteiger partial charge in [0.1, 0.15) is 0 Å². The van der Waals surface area contributed by atoms with Crippen molar-refractivity contribution >= 4 is 10.8 Å². The molecule has 1 heteroatoms. The zero-order valence-electron chi connectivity index (χ0n) is 12.7. The maximum Gasteiger partial charge on any atom is 0.0214 e. The van der Waals surface area contributed by atoms with Crippen LogP contribution in [0.5, 0.6) is 0 Å². The van der Waals surface area contributed by atoms with Crippen LogP contribution in [0.15, 0.2) is 60.7 Å². The molecule has 0 radical (unpaired) electrons. The Morgan fingerprint density at radius 1 is 0.714 bits per heavy atom. The minimum Gasteiger partial charge on any atom is -0.309 e. The molecule has 3 rings (SSSR count). The summed E-state index contributed by atoms with van der Waals surface area (Å²) in [5, 5.41) is 6.23. The number of fused-ring (bicyclic) bond motifs is 1. The highest BCUT2D eigenvalue weighted by Crippen LogP contribution is 2.18. The molecule has 0 unspecified atom stereocenters. The monoisotopic (exact) mass is 275 g/mol. The van der Waals surface area contributed by atoms with Gasteiger partial charge in [-0.2, -0.15) is 0 Å². The highest BCUT2D eigenvalue weighted by molar-refractivity contribution is 5.85. The molecular formula is C20H21N. The Morgan fingerprint density at radius 3 is 2.29 bits per heavy atom. The van der Waals surface area contributed by atoms with Crippen LogP contribution in [-0.2, 0) is 13.1 Å². The molecule has 0 aliphatic carbocycles. The first-order chi connectivity index (χ1) is 10.3. The second-order valence-electron chi connectivity index (χ2n) is 5.60. The Kier molecular flexibility index (Phi) is 4.03. The van der Waals surface area contributed by atoms with E-state index in [2.05, 4.69) is 79.8 Å². The number of hydrogen-bond acceptors (Lipinski definition) is 1. The number of benzene rings is 3. The van der Waals surface area contributed by atoms with E-state index in [1.54, 1.807) is 0 Å². The number of hydrogen-bond donors (Lipinski definition) is 1. The highest BCUT2D eigenvalue weighted by Gasteiger charge is 2.02. The Morgan fingerprint density at radius 2 is 1.38 bits per heavy atom. The van der Waals surface area contributed by atoms with Gasteiger partial charge in [-0.25, -0.2) is 0 Å². The number of rotatable bonds is 4. The fourth-order valence-corrected chi connectivity index (χ4v) is 2.78. The van der Waals surface area contributed by atoms with E-state index >= 15 is 0 Å². The van der Waals surface area contributed by atoms with Gasteiger partial charge in [-0.05, 0) is 46.9 Å². The van der Waals surface area contributed by atoms with E-state index in [0.29, 0.717) is 0 Å². The van der Waals surface area contributed by atoms with Crippen LogP contribution in [-0.4, -0.2) is 0 Å². The molecule has 3 aromatic carbocycles. The first-order valence-electron chi connectivity index (χ1n) is 7.48. The van der Waals surface area contributed by atoms with Crippen LogP contribution in [0.3, 0.4) is 0 Å². The van der Waals surface area contributed by atoms with Gasteiger partial charge in [0.15, 0.2) is 0 Å². The summed E-state index contributed by atoms with van der Waals surface area (Å²) in [6, 6.07) is 21.6. The summed E-state index contributed by atoms with van der Waals surface area (Å²) in [5.74, 6) is 0. The molecule has 0 aromatic heterocycles. The second kappa shape index (κ2) is 6.11. The average Bonchev–Trinajstić information content (AvgIpc) is 2.52. The van der Waals surface area contributed by atoms with Crippen molar-refractivity contribution in [2.75, 3.05) is 0 Å². The zero-order chi connectivity index (χ0) is 14.7. The van der Waals surface area contributed by atoms with Crippen LogP contribution >= 0.6 is 0 Å². The second-order valence-corrected chi connectivity index (χ2v) is 5.60. The summed E-state index contributed by atoms with van der Waals surface area (Å²) < 4.78 is 0. The SMILES string of the molecule is Cc1cccc(CNCc2cccc3ccccc23)c1C. The quantitative estimate of drug-likeness (QED) is 0.724. The van der Waals surface area contributed by atoms with E-state index in [1.807, 2.05) is 0 Å². The normalized spacial score (nSPS) is 11.0. The minimum atomic E-state index is 0.898. The maximum atomic E-state index is 3.58. The highest BCUT2D eigenvalue weighted by atomic mass is 14.8. The van der Waals surface area contributed by atoms with Gasteiger partial charge in [0.25, 0.3) is 0 Å². The van der Waals surface area contributed by atoms with Crippen molar-refractivity contribution in [3.63, 3.8) is 0 Å². The van der Waals surface area contributed by atoms with Crippen LogP contribution < -0.4 is 5.32 Å². The standard InChI is InChI=1S/C20H21N/c1-15-7-5-10-18(16(15)2)13-21-14-19-11-6-9-17-8-3-4-12-20(17)19/h3-12,21H,13-14H2,1-2H3. The average molecular weight is 275 g/mol. The number of aryl methyl sites for hydroxylation is 1. The lowest BCUT2D eigenvalue weighted by Gasteiger charge is -2.11. The van der Waals surface area contributed by atoms with Gasteiger partial charge in [-0.3, -0.25) is 0 Å². The summed E-state index contributed by atoms with van der Waals surface area (Å²) in [5.41, 5.74) is 5.50. The Balaban J connectivity index is 1.74. The largest absolute Gasteiger partial charge is 0.309 e. The van der Waals surface area contributed by atoms with Gasteiger partial charge in [-0.1, -0.05) is 60.7 Å². The zero-order valence-corrected chi connectivity index (χ0v) is 12.7. The molecule has 0 aliphatic rings. The van der Waals surface area contributed by atoms with Gasteiger partial charge in [0.05, 0.1) is 0 Å². The summed E-state index contributed by atoms with van der Waals surface area (Å²) in [4.78, 5) is 0. The Hall–Kier alpha value is -2.12. The molecule has 0 saturated carbocycles. The molecule has 0 aliphatic heterocycles. The smallest absolute Gasteiger partial charge is 0.0214 e. The van der Waals surface area contributed by atoms with Gasteiger partial charge >= 0.3 is 0 Å². The molecule has 0 spiro atoms. The summed E-state index contributed by atoms with van der Waals surface area (Å²) in [6.07, 6.45) is 0. The van der Waals surface area contributed by atoms with Gasteiger partial charge in [-0.15, -0.1) is 0 Å². The van der Waals surface area contributed by atoms with Crippen molar-refractivity contribution in [2.24, 2.45) is 0 Å². The molecule has 0 fully saturated rings. The molecule has 0 heterocycles. The third-order valence-electron chi connectivity index (χ3n) is 4.23. The molecule has 0 saturated heterocycles. The lowest BCUT2D eigenvalue weighted by molar-refractivity contribution is 0.693. The molecule has 0 bridgehead atoms. The van der Waals surface area contributed by atoms with E-state index in [4.69, 9.17) is 0 Å². The van der Waals surface area contributed by atoms with Crippen LogP contribution in [0, 0.1) is 13.8 Å². The van der Waals surface area contributed by atoms with Crippen molar-refractivity contribution in [3.05, 3.63) is 82.9 Å². The first kappa shape index (κ1) is 13.8. The number of nitrogens with one attached hydrogen (secondary N) is 1. The first-order valence-corrected chi connectivity index (χ1v) is 7.48. The van der Waals surface area contributed by atoms with E-state index in [9.17, 15) is 0 Å². The minimum absolute atomic E-state index is 0.898. The third-order valence-corrected chi connectivity index (χ3v) is 4.23. The van der Waals surface area contributed by atoms with E-state index in [0.717, 1.165) is 13.1 Å². The third kappa shape index (κ3) is 2.98. The Labute approximate surface area is 126 Å². The van der Waals surface area contributed by atoms with Gasteiger partial charge < -0.3 is 5.32 Å². The predicted molar refractivity (Wildman–Crippen MR) is 90.4 cm³/mol. The van der Waals surface area contributed by atoms with Crippen LogP contribution in [0.1, 0.15) is 22.3 Å². The molecule has 106 valence electrons. The van der Waals surface area contributed by atoms with Crippen LogP contribution in [0.4, 0.5) is 0 Å². The fourth-order valence-electron chi connectivity index (χ4n) is 2.78. The summed E-state index contributed by atoms with van der Waals surface area (Å²) >= 11 is 0. The predicted octanol–water partition coefficient (Wildman–Crippen LogP) is 4.75. The topological polar surface area (TPSA) is 12.0 Å². The molecular weight excluding hydrogens is 254 g/mol. The van der Waals surface area contributed by atoms with Crippen molar-refractivity contribution in [1.29, 1.82) is 0 Å². The molecule has 0 atom stereocenters. The van der Waals surface area contributed by atoms with E-state index < -0.39 is 0 Å². The molecule has 0 amide bonds. The fraction of sp³-hybridized carbons (Fsp3) is 0.200. The lowest BCUT2D eigenvalue weighted by Crippen LogP contribution is -2.14. The van der Waals surface area contributed by atoms with E-state index in [1.165, 1.54) is 33.0 Å². The van der Waals surface area contributed by atoms with Crippen molar-refractivity contribution in [2.45, 2.75) is 26.9 Å². The van der Waals surface area contributed by atoms with Crippen LogP contribution in [0.2, 0.25) is 0 Å². The van der Waals surface area contributed by atoms with Crippen molar-refractivity contribution in [3.8, 4) is 0 Å². The lowest BCUT2D eigenvalue weighted by atomic mass is 10.0. The van der Waals surface area contributed by atoms with Gasteiger partial charge in [0.2, 0.25) is 0 Å². The molecule has 21 heavy (non-hydrogen) atoms. The maximum absolute atomic E-state index is 3.58. The van der Waals surface area contributed by atoms with Crippen LogP contribution in [0.25, 0.3) is 10.8 Å². The molecule has 3 aromatic rings. The Bertz CT molecular complexity index is 753. The summed E-state index contributed by atoms with van der Waals surface area (Å²) in [7, 11) is 0. The summed E-state index contributed by atoms with van der Waals surface area (Å²) in [6.45, 7) is 6.18. The van der Waals surface area contributed by atoms with Gasteiger partial charge in [0, 0.05) is 13.1 Å². The van der Waals surface area contributed by atoms with Crippen molar-refractivity contribution < 1.29 is 0 Å². The molecule has 1 nitrogen and oxygen atoms in total.